The van der Waals surface area contributed by atoms with Gasteiger partial charge in [0.1, 0.15) is 5.56 Å². The summed E-state index contributed by atoms with van der Waals surface area (Å²) in [6.45, 7) is 0. The first kappa shape index (κ1) is 11.3. The lowest BCUT2D eigenvalue weighted by Crippen LogP contribution is -2.06. The van der Waals surface area contributed by atoms with Crippen molar-refractivity contribution in [1.82, 2.24) is 0 Å². The normalized spacial score (nSPS) is 9.53. The van der Waals surface area contributed by atoms with Crippen LogP contribution < -0.4 is 9.62 Å². The molecule has 0 aromatic heterocycles. The van der Waals surface area contributed by atoms with Gasteiger partial charge in [0.05, 0.1) is 21.3 Å². The van der Waals surface area contributed by atoms with Gasteiger partial charge in [-0.05, 0) is 12.1 Å². The first-order valence-corrected chi connectivity index (χ1v) is 4.20. The molecule has 0 radical (unpaired) electrons. The molecule has 0 unspecified atom stereocenters. The van der Waals surface area contributed by atoms with Crippen LogP contribution >= 0.6 is 0 Å². The van der Waals surface area contributed by atoms with Gasteiger partial charge in [0.25, 0.3) is 0 Å². The van der Waals surface area contributed by atoms with Crippen molar-refractivity contribution in [1.29, 1.82) is 0 Å². The second kappa shape index (κ2) is 5.21. The molecular formula is C10H12O5. The Morgan fingerprint density at radius 3 is 2.47 bits per heavy atom. The highest BCUT2D eigenvalue weighted by Crippen LogP contribution is 2.31. The highest BCUT2D eigenvalue weighted by Gasteiger charge is 2.18. The summed E-state index contributed by atoms with van der Waals surface area (Å²) in [5.74, 6) is 0.0926. The van der Waals surface area contributed by atoms with Crippen molar-refractivity contribution in [3.05, 3.63) is 23.8 Å². The Morgan fingerprint density at radius 2 is 1.93 bits per heavy atom. The monoisotopic (exact) mass is 212 g/mol. The summed E-state index contributed by atoms with van der Waals surface area (Å²) in [5.41, 5.74) is 0.249. The van der Waals surface area contributed by atoms with Gasteiger partial charge in [-0.15, -0.1) is 0 Å². The van der Waals surface area contributed by atoms with Crippen molar-refractivity contribution in [2.75, 3.05) is 21.3 Å². The van der Waals surface area contributed by atoms with E-state index in [4.69, 9.17) is 9.62 Å². The third-order valence-corrected chi connectivity index (χ3v) is 1.77. The zero-order valence-electron chi connectivity index (χ0n) is 8.77. The molecule has 15 heavy (non-hydrogen) atoms. The third kappa shape index (κ3) is 2.38. The van der Waals surface area contributed by atoms with E-state index in [2.05, 4.69) is 9.62 Å². The molecule has 1 rings (SSSR count). The Balaban J connectivity index is 3.18. The van der Waals surface area contributed by atoms with E-state index in [-0.39, 0.29) is 11.3 Å². The lowest BCUT2D eigenvalue weighted by Gasteiger charge is -2.10. The highest BCUT2D eigenvalue weighted by atomic mass is 17.2. The van der Waals surface area contributed by atoms with Gasteiger partial charge in [0.2, 0.25) is 5.75 Å². The van der Waals surface area contributed by atoms with Crippen LogP contribution in [0.25, 0.3) is 0 Å². The zero-order chi connectivity index (χ0) is 11.3. The van der Waals surface area contributed by atoms with E-state index >= 15 is 0 Å². The minimum atomic E-state index is -0.513. The number of carbonyl (C=O) groups is 1. The van der Waals surface area contributed by atoms with E-state index in [9.17, 15) is 4.79 Å². The lowest BCUT2D eigenvalue weighted by molar-refractivity contribution is -0.179. The third-order valence-electron chi connectivity index (χ3n) is 1.77. The van der Waals surface area contributed by atoms with Crippen LogP contribution in [-0.4, -0.2) is 27.3 Å². The number of carbonyl (C=O) groups excluding carboxylic acids is 1. The van der Waals surface area contributed by atoms with Crippen LogP contribution in [0.15, 0.2) is 18.2 Å². The summed E-state index contributed by atoms with van der Waals surface area (Å²) in [7, 11) is 4.10. The van der Waals surface area contributed by atoms with Crippen LogP contribution in [0.5, 0.6) is 11.5 Å². The lowest BCUT2D eigenvalue weighted by atomic mass is 10.2. The standard InChI is InChI=1S/C10H12O5/c1-12-8-6-4-5-7(10(11)13-2)9(8)15-14-3/h4-6H,1-3H3. The second-order valence-corrected chi connectivity index (χ2v) is 2.58. The van der Waals surface area contributed by atoms with Gasteiger partial charge in [-0.3, -0.25) is 0 Å². The number of benzene rings is 1. The first-order valence-electron chi connectivity index (χ1n) is 4.20. The van der Waals surface area contributed by atoms with E-state index in [0.717, 1.165) is 0 Å². The second-order valence-electron chi connectivity index (χ2n) is 2.58. The molecule has 0 aliphatic heterocycles. The molecule has 82 valence electrons. The van der Waals surface area contributed by atoms with Gasteiger partial charge in [0.15, 0.2) is 5.75 Å². The molecule has 0 bridgehead atoms. The maximum Gasteiger partial charge on any atom is 0.341 e. The van der Waals surface area contributed by atoms with Gasteiger partial charge in [0, 0.05) is 0 Å². The number of methoxy groups -OCH3 is 2. The Bertz CT molecular complexity index is 348. The van der Waals surface area contributed by atoms with Crippen molar-refractivity contribution in [2.24, 2.45) is 0 Å². The summed E-state index contributed by atoms with van der Waals surface area (Å²) in [6.07, 6.45) is 0. The Kier molecular flexibility index (Phi) is 3.93. The molecule has 0 heterocycles. The maximum atomic E-state index is 11.4. The van der Waals surface area contributed by atoms with Gasteiger partial charge < -0.3 is 14.4 Å². The number of rotatable bonds is 4. The molecule has 5 heteroatoms. The maximum absolute atomic E-state index is 11.4. The van der Waals surface area contributed by atoms with Gasteiger partial charge in [-0.25, -0.2) is 4.79 Å². The minimum Gasteiger partial charge on any atom is -0.493 e. The molecule has 0 saturated carbocycles. The fourth-order valence-corrected chi connectivity index (χ4v) is 1.12. The summed E-state index contributed by atoms with van der Waals surface area (Å²) in [6, 6.07) is 4.87. The molecular weight excluding hydrogens is 200 g/mol. The molecule has 0 atom stereocenters. The van der Waals surface area contributed by atoms with E-state index in [1.165, 1.54) is 21.3 Å². The van der Waals surface area contributed by atoms with Gasteiger partial charge >= 0.3 is 5.97 Å². The summed E-state index contributed by atoms with van der Waals surface area (Å²) >= 11 is 0. The topological polar surface area (TPSA) is 54.0 Å². The molecule has 0 aliphatic carbocycles. The number of hydrogen-bond donors (Lipinski definition) is 0. The molecule has 0 fully saturated rings. The fraction of sp³-hybridized carbons (Fsp3) is 0.300. The van der Waals surface area contributed by atoms with E-state index in [0.29, 0.717) is 5.75 Å². The first-order chi connectivity index (χ1) is 7.24. The van der Waals surface area contributed by atoms with Crippen molar-refractivity contribution in [3.63, 3.8) is 0 Å². The van der Waals surface area contributed by atoms with E-state index in [1.54, 1.807) is 18.2 Å². The SMILES string of the molecule is COOc1c(OC)cccc1C(=O)OC. The number of hydrogen-bond acceptors (Lipinski definition) is 5. The van der Waals surface area contributed by atoms with E-state index in [1.807, 2.05) is 0 Å². The molecule has 0 N–H and O–H groups in total. The summed E-state index contributed by atoms with van der Waals surface area (Å²) < 4.78 is 9.61. The molecule has 0 amide bonds. The van der Waals surface area contributed by atoms with Crippen LogP contribution in [-0.2, 0) is 9.62 Å². The fourth-order valence-electron chi connectivity index (χ4n) is 1.12. The molecule has 0 spiro atoms. The van der Waals surface area contributed by atoms with Crippen molar-refractivity contribution in [2.45, 2.75) is 0 Å². The van der Waals surface area contributed by atoms with Crippen LogP contribution in [0.2, 0.25) is 0 Å². The van der Waals surface area contributed by atoms with Crippen molar-refractivity contribution >= 4 is 5.97 Å². The Labute approximate surface area is 87.4 Å². The summed E-state index contributed by atoms with van der Waals surface area (Å²) in [4.78, 5) is 20.7. The highest BCUT2D eigenvalue weighted by molar-refractivity contribution is 5.93. The van der Waals surface area contributed by atoms with Gasteiger partial charge in [-0.1, -0.05) is 6.07 Å². The smallest absolute Gasteiger partial charge is 0.341 e. The van der Waals surface area contributed by atoms with Crippen LogP contribution in [0.1, 0.15) is 10.4 Å². The van der Waals surface area contributed by atoms with E-state index < -0.39 is 5.97 Å². The number of esters is 1. The van der Waals surface area contributed by atoms with Gasteiger partial charge in [-0.2, -0.15) is 4.89 Å². The van der Waals surface area contributed by atoms with Crippen molar-refractivity contribution < 1.29 is 24.0 Å². The molecule has 1 aromatic rings. The Hall–Kier alpha value is -1.75. The number of para-hydroxylation sites is 1. The molecule has 0 saturated heterocycles. The Morgan fingerprint density at radius 1 is 1.20 bits per heavy atom. The summed E-state index contributed by atoms with van der Waals surface area (Å²) in [5, 5.41) is 0. The molecule has 1 aromatic carbocycles. The predicted octanol–water partition coefficient (Wildman–Crippen LogP) is 1.42. The predicted molar refractivity (Wildman–Crippen MR) is 52.0 cm³/mol. The quantitative estimate of drug-likeness (QED) is 0.429. The molecule has 0 aliphatic rings. The van der Waals surface area contributed by atoms with Crippen LogP contribution in [0, 0.1) is 0 Å². The van der Waals surface area contributed by atoms with Crippen LogP contribution in [0.3, 0.4) is 0 Å². The average Bonchev–Trinajstić information content (AvgIpc) is 2.28. The molecule has 5 nitrogen and oxygen atoms in total. The minimum absolute atomic E-state index is 0.203. The van der Waals surface area contributed by atoms with Crippen molar-refractivity contribution in [3.8, 4) is 11.5 Å². The average molecular weight is 212 g/mol. The zero-order valence-corrected chi connectivity index (χ0v) is 8.77. The van der Waals surface area contributed by atoms with Crippen LogP contribution in [0.4, 0.5) is 0 Å². The largest absolute Gasteiger partial charge is 0.493 e. The number of ether oxygens (including phenoxy) is 2.